The zero-order valence-electron chi connectivity index (χ0n) is 48.0. The van der Waals surface area contributed by atoms with Gasteiger partial charge in [0.15, 0.2) is 0 Å². The molecule has 0 bridgehead atoms. The van der Waals surface area contributed by atoms with Gasteiger partial charge in [-0.1, -0.05) is 296 Å². The van der Waals surface area contributed by atoms with E-state index >= 15 is 0 Å². The highest BCUT2D eigenvalue weighted by molar-refractivity contribution is 6.10. The van der Waals surface area contributed by atoms with Gasteiger partial charge in [0.2, 0.25) is 0 Å². The number of rotatable bonds is 9. The van der Waals surface area contributed by atoms with E-state index in [-0.39, 0.29) is 10.8 Å². The first-order valence-electron chi connectivity index (χ1n) is 29.2. The summed E-state index contributed by atoms with van der Waals surface area (Å²) in [4.78, 5) is 2.61. The summed E-state index contributed by atoms with van der Waals surface area (Å²) in [5.74, 6) is 0. The van der Waals surface area contributed by atoms with Gasteiger partial charge in [0.05, 0.1) is 22.5 Å². The van der Waals surface area contributed by atoms with Gasteiger partial charge in [-0.3, -0.25) is 0 Å². The summed E-state index contributed by atoms with van der Waals surface area (Å²) >= 11 is 0. The Morgan fingerprint density at radius 1 is 0.293 bits per heavy atom. The largest absolute Gasteiger partial charge is 0.309 e. The van der Waals surface area contributed by atoms with Gasteiger partial charge in [-0.05, 0) is 142 Å². The maximum Gasteiger partial charge on any atom is 0.0713 e. The van der Waals surface area contributed by atoms with E-state index in [9.17, 15) is 0 Å². The number of para-hydroxylation sites is 2. The Morgan fingerprint density at radius 2 is 0.744 bits per heavy atom. The molecule has 0 spiro atoms. The van der Waals surface area contributed by atoms with E-state index in [0.717, 1.165) is 33.8 Å². The van der Waals surface area contributed by atoms with Crippen molar-refractivity contribution < 1.29 is 0 Å². The highest BCUT2D eigenvalue weighted by Crippen LogP contribution is 2.60. The second-order valence-electron chi connectivity index (χ2n) is 24.9. The van der Waals surface area contributed by atoms with Gasteiger partial charge in [-0.15, -0.1) is 0 Å². The molecule has 12 aromatic rings. The van der Waals surface area contributed by atoms with E-state index in [1.165, 1.54) is 99.8 Å². The Hall–Kier alpha value is -9.30. The van der Waals surface area contributed by atoms with Gasteiger partial charge in [0.25, 0.3) is 0 Å². The molecule has 82 heavy (non-hydrogen) atoms. The summed E-state index contributed by atoms with van der Waals surface area (Å²) in [6.45, 7) is 16.4. The van der Waals surface area contributed by atoms with Crippen molar-refractivity contribution in [3.05, 3.63) is 329 Å². The Morgan fingerprint density at radius 3 is 1.37 bits per heavy atom. The van der Waals surface area contributed by atoms with Crippen molar-refractivity contribution in [1.82, 2.24) is 0 Å². The van der Waals surface area contributed by atoms with E-state index in [4.69, 9.17) is 0 Å². The van der Waals surface area contributed by atoms with Crippen LogP contribution in [0.25, 0.3) is 66.4 Å². The van der Waals surface area contributed by atoms with Crippen molar-refractivity contribution in [1.29, 1.82) is 0 Å². The maximum atomic E-state index is 2.61. The van der Waals surface area contributed by atoms with E-state index in [0.29, 0.717) is 0 Å². The number of benzene rings is 12. The Bertz CT molecular complexity index is 4340. The average Bonchev–Trinajstić information content (AvgIpc) is 1.92. The predicted molar refractivity (Wildman–Crippen MR) is 347 cm³/mol. The molecule has 0 amide bonds. The van der Waals surface area contributed by atoms with E-state index in [1.54, 1.807) is 0 Å². The fourth-order valence-electron chi connectivity index (χ4n) is 14.1. The van der Waals surface area contributed by atoms with Gasteiger partial charge < -0.3 is 4.90 Å². The molecule has 396 valence electrons. The van der Waals surface area contributed by atoms with Crippen molar-refractivity contribution in [3.63, 3.8) is 0 Å². The van der Waals surface area contributed by atoms with Crippen LogP contribution in [0.15, 0.2) is 279 Å². The lowest BCUT2D eigenvalue weighted by molar-refractivity contribution is 0.569. The van der Waals surface area contributed by atoms with Crippen LogP contribution < -0.4 is 4.90 Å². The molecular weight excluding hydrogens is 987 g/mol. The monoisotopic (exact) mass is 1050 g/mol. The lowest BCUT2D eigenvalue weighted by Gasteiger charge is -2.34. The smallest absolute Gasteiger partial charge is 0.0713 e. The van der Waals surface area contributed by atoms with Crippen LogP contribution in [0.1, 0.15) is 98.5 Å². The summed E-state index contributed by atoms with van der Waals surface area (Å²) in [5.41, 5.74) is 26.1. The third kappa shape index (κ3) is 7.96. The zero-order chi connectivity index (χ0) is 56.0. The first-order chi connectivity index (χ1) is 39.8. The number of fused-ring (bicyclic) bond motifs is 7. The van der Waals surface area contributed by atoms with Gasteiger partial charge in [-0.2, -0.15) is 0 Å². The fraction of sp³-hybridized carbons (Fsp3) is 0.136. The molecule has 0 saturated heterocycles. The molecular formula is C81H67N. The molecule has 0 saturated carbocycles. The molecule has 1 atom stereocenters. The summed E-state index contributed by atoms with van der Waals surface area (Å²) < 4.78 is 0. The van der Waals surface area contributed by atoms with E-state index in [1.807, 2.05) is 0 Å². The molecule has 1 heteroatoms. The van der Waals surface area contributed by atoms with Crippen LogP contribution in [0.5, 0.6) is 0 Å². The summed E-state index contributed by atoms with van der Waals surface area (Å²) in [5, 5.41) is 2.45. The van der Waals surface area contributed by atoms with Crippen molar-refractivity contribution >= 4 is 27.8 Å². The van der Waals surface area contributed by atoms with Gasteiger partial charge in [0, 0.05) is 22.1 Å². The van der Waals surface area contributed by atoms with Crippen LogP contribution in [0, 0.1) is 0 Å². The number of hydrogen-bond acceptors (Lipinski definition) is 1. The number of hydrogen-bond donors (Lipinski definition) is 0. The SMILES string of the molecule is CC(C)(C)c1cc(-c2cccc3cccc(-c4ccccc4N(c4ccccc4-c4ccc5c(c4)C(c4ccccc4)(c4ccccc4)c4ccccc4-5)c4cccc5c4-c4ccccc4C5(C)c4ccccc4)c23)cc(C(C)(C)C)c1. The third-order valence-corrected chi connectivity index (χ3v) is 18.1. The Kier molecular flexibility index (Phi) is 12.1. The molecule has 2 aliphatic rings. The van der Waals surface area contributed by atoms with Crippen LogP contribution in [0.2, 0.25) is 0 Å². The number of anilines is 3. The average molecular weight is 1050 g/mol. The summed E-state index contributed by atoms with van der Waals surface area (Å²) in [6.07, 6.45) is 0. The van der Waals surface area contributed by atoms with Gasteiger partial charge >= 0.3 is 0 Å². The Labute approximate surface area is 484 Å². The second-order valence-corrected chi connectivity index (χ2v) is 24.9. The van der Waals surface area contributed by atoms with Crippen molar-refractivity contribution in [2.75, 3.05) is 4.90 Å². The minimum atomic E-state index is -0.552. The standard InChI is InChI=1S/C81H67N/c1-78(2,3)60-50-56(51-61(53-60)79(4,5)6)63-40-25-28-54-29-26-41-67(76(54)63)66-38-20-24-46-74(66)82(75-47-27-44-71-77(75)68-39-18-21-42-69(68)80(71,7)57-30-11-8-12-31-57)73-45-23-19-36-62(73)55-48-49-65-64-37-17-22-43-70(64)81(72(65)52-55,58-32-13-9-14-33-58)59-34-15-10-16-35-59/h8-53H,1-7H3. The van der Waals surface area contributed by atoms with Crippen LogP contribution in [0.4, 0.5) is 17.1 Å². The topological polar surface area (TPSA) is 3.24 Å². The minimum Gasteiger partial charge on any atom is -0.309 e. The molecule has 12 aromatic carbocycles. The molecule has 0 N–H and O–H groups in total. The van der Waals surface area contributed by atoms with Crippen LogP contribution in [-0.2, 0) is 21.7 Å². The van der Waals surface area contributed by atoms with Crippen LogP contribution in [-0.4, -0.2) is 0 Å². The lowest BCUT2D eigenvalue weighted by Crippen LogP contribution is -2.28. The van der Waals surface area contributed by atoms with Crippen molar-refractivity contribution in [3.8, 4) is 55.6 Å². The summed E-state index contributed by atoms with van der Waals surface area (Å²) in [7, 11) is 0. The highest BCUT2D eigenvalue weighted by Gasteiger charge is 2.47. The van der Waals surface area contributed by atoms with Gasteiger partial charge in [-0.25, -0.2) is 0 Å². The van der Waals surface area contributed by atoms with Crippen LogP contribution >= 0.6 is 0 Å². The third-order valence-electron chi connectivity index (χ3n) is 18.1. The van der Waals surface area contributed by atoms with Crippen molar-refractivity contribution in [2.24, 2.45) is 0 Å². The second kappa shape index (κ2) is 19.5. The quantitative estimate of drug-likeness (QED) is 0.139. The molecule has 0 radical (unpaired) electrons. The lowest BCUT2D eigenvalue weighted by atomic mass is 9.67. The number of nitrogens with zero attached hydrogens (tertiary/aromatic N) is 1. The minimum absolute atomic E-state index is 0.0392. The molecule has 0 aromatic heterocycles. The molecule has 0 heterocycles. The normalized spacial score (nSPS) is 14.9. The molecule has 14 rings (SSSR count). The van der Waals surface area contributed by atoms with Crippen LogP contribution in [0.3, 0.4) is 0 Å². The highest BCUT2D eigenvalue weighted by atomic mass is 15.2. The molecule has 0 fully saturated rings. The molecule has 1 unspecified atom stereocenters. The first kappa shape index (κ1) is 50.9. The maximum absolute atomic E-state index is 2.61. The van der Waals surface area contributed by atoms with E-state index in [2.05, 4.69) is 332 Å². The van der Waals surface area contributed by atoms with Crippen molar-refractivity contribution in [2.45, 2.75) is 70.1 Å². The molecule has 1 nitrogen and oxygen atoms in total. The molecule has 0 aliphatic heterocycles. The zero-order valence-corrected chi connectivity index (χ0v) is 48.0. The van der Waals surface area contributed by atoms with E-state index < -0.39 is 10.8 Å². The summed E-state index contributed by atoms with van der Waals surface area (Å²) in [6, 6.07) is 105. The first-order valence-corrected chi connectivity index (χ1v) is 29.2. The molecule has 2 aliphatic carbocycles. The predicted octanol–water partition coefficient (Wildman–Crippen LogP) is 21.6. The van der Waals surface area contributed by atoms with Gasteiger partial charge in [0.1, 0.15) is 0 Å². The Balaban J connectivity index is 1.06. The fourth-order valence-corrected chi connectivity index (χ4v) is 14.1.